The maximum absolute atomic E-state index is 13.2. The smallest absolute Gasteiger partial charge is 0.246 e. The summed E-state index contributed by atoms with van der Waals surface area (Å²) in [6.07, 6.45) is 1.76. The second-order valence-corrected chi connectivity index (χ2v) is 9.18. The Labute approximate surface area is 161 Å². The highest BCUT2D eigenvalue weighted by Crippen LogP contribution is 2.32. The van der Waals surface area contributed by atoms with Crippen molar-refractivity contribution in [3.63, 3.8) is 0 Å². The highest BCUT2D eigenvalue weighted by atomic mass is 32.2. The van der Waals surface area contributed by atoms with Crippen LogP contribution < -0.4 is 4.74 Å². The molecule has 1 aromatic carbocycles. The number of ether oxygens (including phenoxy) is 1. The van der Waals surface area contributed by atoms with E-state index in [0.29, 0.717) is 18.8 Å². The maximum Gasteiger partial charge on any atom is 0.246 e. The first-order valence-corrected chi connectivity index (χ1v) is 10.6. The Kier molecular flexibility index (Phi) is 5.88. The molecule has 2 aromatic rings. The van der Waals surface area contributed by atoms with Gasteiger partial charge in [0.05, 0.1) is 18.5 Å². The minimum atomic E-state index is -3.60. The molecule has 1 aromatic heterocycles. The average molecular weight is 393 g/mol. The van der Waals surface area contributed by atoms with Crippen LogP contribution in [0.4, 0.5) is 0 Å². The van der Waals surface area contributed by atoms with Gasteiger partial charge in [0, 0.05) is 32.6 Å². The Balaban J connectivity index is 1.84. The lowest BCUT2D eigenvalue weighted by molar-refractivity contribution is 0.310. The number of aryl methyl sites for hydroxylation is 1. The van der Waals surface area contributed by atoms with Crippen LogP contribution in [0.1, 0.15) is 30.1 Å². The van der Waals surface area contributed by atoms with Crippen molar-refractivity contribution in [2.75, 3.05) is 34.3 Å². The maximum atomic E-state index is 13.2. The quantitative estimate of drug-likeness (QED) is 0.753. The molecule has 0 spiro atoms. The van der Waals surface area contributed by atoms with E-state index in [1.807, 2.05) is 25.8 Å². The van der Waals surface area contributed by atoms with Gasteiger partial charge in [-0.15, -0.1) is 0 Å². The van der Waals surface area contributed by atoms with Gasteiger partial charge >= 0.3 is 0 Å². The Morgan fingerprint density at radius 2 is 2.04 bits per heavy atom. The molecule has 27 heavy (non-hydrogen) atoms. The van der Waals surface area contributed by atoms with Crippen molar-refractivity contribution < 1.29 is 13.2 Å². The molecular formula is C19H28N4O3S. The zero-order valence-corrected chi connectivity index (χ0v) is 17.2. The predicted molar refractivity (Wildman–Crippen MR) is 104 cm³/mol. The fourth-order valence-electron chi connectivity index (χ4n) is 3.58. The minimum absolute atomic E-state index is 0.102. The summed E-state index contributed by atoms with van der Waals surface area (Å²) in [6, 6.07) is 8.89. The van der Waals surface area contributed by atoms with Gasteiger partial charge in [0.15, 0.2) is 0 Å². The van der Waals surface area contributed by atoms with Crippen molar-refractivity contribution in [3.05, 3.63) is 41.7 Å². The van der Waals surface area contributed by atoms with Crippen molar-refractivity contribution in [1.82, 2.24) is 19.0 Å². The third-order valence-corrected chi connectivity index (χ3v) is 6.87. The second-order valence-electron chi connectivity index (χ2n) is 7.27. The van der Waals surface area contributed by atoms with Crippen molar-refractivity contribution in [1.29, 1.82) is 0 Å². The van der Waals surface area contributed by atoms with Crippen molar-refractivity contribution in [2.24, 2.45) is 7.05 Å². The first-order chi connectivity index (χ1) is 12.8. The number of hydrogen-bond acceptors (Lipinski definition) is 5. The molecule has 0 amide bonds. The Hall–Kier alpha value is -1.90. The third kappa shape index (κ3) is 4.17. The van der Waals surface area contributed by atoms with E-state index < -0.39 is 10.0 Å². The zero-order chi connectivity index (χ0) is 19.6. The van der Waals surface area contributed by atoms with Gasteiger partial charge in [-0.2, -0.15) is 9.40 Å². The number of para-hydroxylation sites is 1. The largest absolute Gasteiger partial charge is 0.495 e. The number of rotatable bonds is 6. The van der Waals surface area contributed by atoms with Crippen molar-refractivity contribution in [2.45, 2.75) is 30.2 Å². The van der Waals surface area contributed by atoms with Gasteiger partial charge in [-0.1, -0.05) is 12.1 Å². The fourth-order valence-corrected chi connectivity index (χ4v) is 5.25. The van der Waals surface area contributed by atoms with E-state index in [4.69, 9.17) is 4.74 Å². The molecule has 0 aliphatic carbocycles. The fraction of sp³-hybridized carbons (Fsp3) is 0.526. The molecule has 1 atom stereocenters. The Morgan fingerprint density at radius 1 is 1.30 bits per heavy atom. The summed E-state index contributed by atoms with van der Waals surface area (Å²) in [4.78, 5) is 2.32. The van der Waals surface area contributed by atoms with E-state index in [1.165, 1.54) is 7.11 Å². The molecule has 0 unspecified atom stereocenters. The average Bonchev–Trinajstić information content (AvgIpc) is 3.01. The van der Waals surface area contributed by atoms with E-state index in [9.17, 15) is 8.42 Å². The second kappa shape index (κ2) is 8.00. The lowest BCUT2D eigenvalue weighted by Crippen LogP contribution is -2.39. The summed E-state index contributed by atoms with van der Waals surface area (Å²) in [5.41, 5.74) is 2.09. The predicted octanol–water partition coefficient (Wildman–Crippen LogP) is 2.06. The van der Waals surface area contributed by atoms with Crippen LogP contribution >= 0.6 is 0 Å². The Morgan fingerprint density at radius 3 is 2.74 bits per heavy atom. The molecule has 0 saturated carbocycles. The summed E-state index contributed by atoms with van der Waals surface area (Å²) >= 11 is 0. The molecule has 148 valence electrons. The molecule has 0 N–H and O–H groups in total. The Bertz CT molecular complexity index is 892. The van der Waals surface area contributed by atoms with Gasteiger partial charge < -0.3 is 9.64 Å². The van der Waals surface area contributed by atoms with Gasteiger partial charge in [-0.25, -0.2) is 8.42 Å². The zero-order valence-electron chi connectivity index (χ0n) is 16.4. The molecule has 1 saturated heterocycles. The molecule has 0 radical (unpaired) electrons. The van der Waals surface area contributed by atoms with Crippen LogP contribution in [0.25, 0.3) is 0 Å². The number of piperidine rings is 1. The minimum Gasteiger partial charge on any atom is -0.495 e. The number of aromatic nitrogens is 2. The van der Waals surface area contributed by atoms with Crippen LogP contribution in [0.5, 0.6) is 5.75 Å². The number of hydrogen-bond donors (Lipinski definition) is 0. The van der Waals surface area contributed by atoms with E-state index in [0.717, 1.165) is 30.8 Å². The van der Waals surface area contributed by atoms with Gasteiger partial charge in [0.25, 0.3) is 0 Å². The summed E-state index contributed by atoms with van der Waals surface area (Å²) in [7, 11) is 3.88. The number of methoxy groups -OCH3 is 1. The lowest BCUT2D eigenvalue weighted by atomic mass is 9.96. The van der Waals surface area contributed by atoms with Crippen molar-refractivity contribution in [3.8, 4) is 5.75 Å². The van der Waals surface area contributed by atoms with Gasteiger partial charge in [-0.05, 0) is 45.1 Å². The molecule has 7 nitrogen and oxygen atoms in total. The third-order valence-electron chi connectivity index (χ3n) is 4.96. The summed E-state index contributed by atoms with van der Waals surface area (Å²) < 4.78 is 35.1. The van der Waals surface area contributed by atoms with Crippen LogP contribution in [-0.2, 0) is 23.6 Å². The highest BCUT2D eigenvalue weighted by Gasteiger charge is 2.33. The SMILES string of the molecule is COc1ccccc1S(=O)(=O)N1CCC[C@H](c2cc(CN(C)C)n(C)n2)C1. The van der Waals surface area contributed by atoms with E-state index in [-0.39, 0.29) is 10.8 Å². The molecule has 1 aliphatic heterocycles. The molecule has 2 heterocycles. The van der Waals surface area contributed by atoms with Gasteiger partial charge in [0.1, 0.15) is 10.6 Å². The first-order valence-electron chi connectivity index (χ1n) is 9.13. The molecule has 3 rings (SSSR count). The lowest BCUT2D eigenvalue weighted by Gasteiger charge is -2.31. The number of nitrogens with zero attached hydrogens (tertiary/aromatic N) is 4. The van der Waals surface area contributed by atoms with E-state index in [2.05, 4.69) is 16.1 Å². The number of benzene rings is 1. The first kappa shape index (κ1) is 19.9. The molecule has 1 aliphatic rings. The molecular weight excluding hydrogens is 364 g/mol. The molecule has 0 bridgehead atoms. The van der Waals surface area contributed by atoms with Crippen molar-refractivity contribution >= 4 is 10.0 Å². The molecule has 8 heteroatoms. The van der Waals surface area contributed by atoms with Crippen LogP contribution in [-0.4, -0.2) is 61.7 Å². The van der Waals surface area contributed by atoms with Crippen LogP contribution in [0.2, 0.25) is 0 Å². The topological polar surface area (TPSA) is 67.7 Å². The highest BCUT2D eigenvalue weighted by molar-refractivity contribution is 7.89. The van der Waals surface area contributed by atoms with E-state index >= 15 is 0 Å². The number of sulfonamides is 1. The van der Waals surface area contributed by atoms with Gasteiger partial charge in [-0.3, -0.25) is 4.68 Å². The van der Waals surface area contributed by atoms with Crippen LogP contribution in [0.3, 0.4) is 0 Å². The summed E-state index contributed by atoms with van der Waals surface area (Å²) in [6.45, 7) is 1.77. The summed E-state index contributed by atoms with van der Waals surface area (Å²) in [5, 5.41) is 4.65. The normalized spacial score (nSPS) is 18.8. The molecule has 1 fully saturated rings. The standard InChI is InChI=1S/C19H28N4O3S/c1-21(2)14-16-12-17(20-22(16)3)15-8-7-11-23(13-15)27(24,25)19-10-6-5-9-18(19)26-4/h5-6,9-10,12,15H,7-8,11,13-14H2,1-4H3/t15-/m0/s1. The van der Waals surface area contributed by atoms with Crippen LogP contribution in [0.15, 0.2) is 35.2 Å². The summed E-state index contributed by atoms with van der Waals surface area (Å²) in [5.74, 6) is 0.482. The van der Waals surface area contributed by atoms with Crippen LogP contribution in [0, 0.1) is 0 Å². The van der Waals surface area contributed by atoms with E-state index in [1.54, 1.807) is 28.6 Å². The van der Waals surface area contributed by atoms with Gasteiger partial charge in [0.2, 0.25) is 10.0 Å². The monoisotopic (exact) mass is 392 g/mol.